The van der Waals surface area contributed by atoms with Gasteiger partial charge in [-0.25, -0.2) is 0 Å². The van der Waals surface area contributed by atoms with E-state index in [-0.39, 0.29) is 10.8 Å². The second kappa shape index (κ2) is 5.58. The maximum Gasteiger partial charge on any atom is 0.101 e. The van der Waals surface area contributed by atoms with Crippen LogP contribution in [0, 0.1) is 22.7 Å². The zero-order valence-corrected chi connectivity index (χ0v) is 14.6. The zero-order valence-electron chi connectivity index (χ0n) is 13.1. The molecule has 0 N–H and O–H groups in total. The fourth-order valence-electron chi connectivity index (χ4n) is 2.56. The topological polar surface area (TPSA) is 47.6 Å². The average molecular weight is 333 g/mol. The first-order chi connectivity index (χ1) is 9.04. The van der Waals surface area contributed by atoms with Crippen LogP contribution in [-0.2, 0) is 17.3 Å². The number of nitriles is 2. The second-order valence-electron chi connectivity index (χ2n) is 7.08. The molecule has 1 aromatic rings. The Morgan fingerprint density at radius 3 is 1.95 bits per heavy atom. The van der Waals surface area contributed by atoms with E-state index < -0.39 is 0 Å². The van der Waals surface area contributed by atoms with E-state index in [2.05, 4.69) is 69.6 Å². The van der Waals surface area contributed by atoms with Gasteiger partial charge in [0, 0.05) is 4.47 Å². The Balaban J connectivity index is 3.91. The minimum atomic E-state index is -0.180. The molecular weight excluding hydrogens is 312 g/mol. The Bertz CT molecular complexity index is 602. The lowest BCUT2D eigenvalue weighted by atomic mass is 9.73. The number of hydrogen-bond acceptors (Lipinski definition) is 2. The molecule has 0 aliphatic rings. The normalized spacial score (nSPS) is 11.8. The second-order valence-corrected chi connectivity index (χ2v) is 7.94. The van der Waals surface area contributed by atoms with Crippen molar-refractivity contribution in [3.63, 3.8) is 0 Å². The molecule has 2 nitrogen and oxygen atoms in total. The minimum Gasteiger partial charge on any atom is -0.198 e. The Morgan fingerprint density at radius 2 is 1.60 bits per heavy atom. The molecule has 106 valence electrons. The van der Waals surface area contributed by atoms with Crippen molar-refractivity contribution >= 4 is 15.9 Å². The SMILES string of the molecule is CC(C)(C)c1cc(Br)c(C#N)c(C(C)(C)C)c1CC#N. The van der Waals surface area contributed by atoms with E-state index in [9.17, 15) is 10.5 Å². The van der Waals surface area contributed by atoms with Crippen molar-refractivity contribution in [1.82, 2.24) is 0 Å². The summed E-state index contributed by atoms with van der Waals surface area (Å²) in [5.74, 6) is 0. The monoisotopic (exact) mass is 332 g/mol. The molecule has 0 unspecified atom stereocenters. The van der Waals surface area contributed by atoms with E-state index in [1.165, 1.54) is 0 Å². The fourth-order valence-corrected chi connectivity index (χ4v) is 3.08. The molecule has 0 amide bonds. The van der Waals surface area contributed by atoms with Crippen molar-refractivity contribution in [2.24, 2.45) is 0 Å². The fraction of sp³-hybridized carbons (Fsp3) is 0.529. The molecule has 0 radical (unpaired) electrons. The highest BCUT2D eigenvalue weighted by atomic mass is 79.9. The summed E-state index contributed by atoms with van der Waals surface area (Å²) in [5.41, 5.74) is 3.53. The highest BCUT2D eigenvalue weighted by molar-refractivity contribution is 9.10. The maximum absolute atomic E-state index is 9.49. The van der Waals surface area contributed by atoms with Gasteiger partial charge < -0.3 is 0 Å². The number of halogens is 1. The molecule has 0 spiro atoms. The van der Waals surface area contributed by atoms with Crippen LogP contribution < -0.4 is 0 Å². The van der Waals surface area contributed by atoms with Gasteiger partial charge in [0.25, 0.3) is 0 Å². The van der Waals surface area contributed by atoms with Crippen molar-refractivity contribution < 1.29 is 0 Å². The lowest BCUT2D eigenvalue weighted by Crippen LogP contribution is -2.23. The first-order valence-electron chi connectivity index (χ1n) is 6.67. The standard InChI is InChI=1S/C17H21BrN2/c1-16(2,3)13-9-14(18)12(10-20)15(17(4,5)6)11(13)7-8-19/h9H,7H2,1-6H3. The van der Waals surface area contributed by atoms with Gasteiger partial charge in [-0.05, 0) is 49.5 Å². The number of rotatable bonds is 1. The van der Waals surface area contributed by atoms with Gasteiger partial charge in [0.1, 0.15) is 6.07 Å². The highest BCUT2D eigenvalue weighted by Crippen LogP contribution is 2.39. The first-order valence-corrected chi connectivity index (χ1v) is 7.46. The van der Waals surface area contributed by atoms with E-state index >= 15 is 0 Å². The molecule has 0 fully saturated rings. The predicted molar refractivity (Wildman–Crippen MR) is 85.6 cm³/mol. The molecular formula is C17H21BrN2. The van der Waals surface area contributed by atoms with Crippen molar-refractivity contribution in [1.29, 1.82) is 10.5 Å². The van der Waals surface area contributed by atoms with Crippen LogP contribution in [-0.4, -0.2) is 0 Å². The van der Waals surface area contributed by atoms with Crippen LogP contribution in [0.4, 0.5) is 0 Å². The lowest BCUT2D eigenvalue weighted by molar-refractivity contribution is 0.556. The van der Waals surface area contributed by atoms with Crippen LogP contribution >= 0.6 is 15.9 Å². The Labute approximate surface area is 130 Å². The van der Waals surface area contributed by atoms with E-state index in [4.69, 9.17) is 0 Å². The summed E-state index contributed by atoms with van der Waals surface area (Å²) in [6.07, 6.45) is 0.334. The molecule has 0 bridgehead atoms. The van der Waals surface area contributed by atoms with E-state index in [1.54, 1.807) is 0 Å². The van der Waals surface area contributed by atoms with Gasteiger partial charge in [-0.2, -0.15) is 10.5 Å². The molecule has 0 aliphatic carbocycles. The largest absolute Gasteiger partial charge is 0.198 e. The Morgan fingerprint density at radius 1 is 1.05 bits per heavy atom. The third-order valence-corrected chi connectivity index (χ3v) is 3.94. The van der Waals surface area contributed by atoms with E-state index in [0.717, 1.165) is 21.2 Å². The summed E-state index contributed by atoms with van der Waals surface area (Å²) < 4.78 is 0.816. The van der Waals surface area contributed by atoms with Crippen molar-refractivity contribution in [2.45, 2.75) is 58.8 Å². The Hall–Kier alpha value is -1.32. The summed E-state index contributed by atoms with van der Waals surface area (Å²) in [4.78, 5) is 0. The van der Waals surface area contributed by atoms with Gasteiger partial charge in [0.2, 0.25) is 0 Å². The lowest BCUT2D eigenvalue weighted by Gasteiger charge is -2.31. The molecule has 0 aromatic heterocycles. The molecule has 20 heavy (non-hydrogen) atoms. The number of nitrogens with zero attached hydrogens (tertiary/aromatic N) is 2. The van der Waals surface area contributed by atoms with Crippen molar-refractivity contribution in [3.05, 3.63) is 32.8 Å². The van der Waals surface area contributed by atoms with E-state index in [1.807, 2.05) is 6.07 Å². The Kier molecular flexibility index (Phi) is 4.67. The summed E-state index contributed by atoms with van der Waals surface area (Å²) >= 11 is 3.52. The van der Waals surface area contributed by atoms with Crippen LogP contribution in [0.15, 0.2) is 10.5 Å². The van der Waals surface area contributed by atoms with Gasteiger partial charge >= 0.3 is 0 Å². The third-order valence-electron chi connectivity index (χ3n) is 3.31. The average Bonchev–Trinajstić information content (AvgIpc) is 2.27. The maximum atomic E-state index is 9.49. The van der Waals surface area contributed by atoms with E-state index in [0.29, 0.717) is 12.0 Å². The molecule has 1 aromatic carbocycles. The third kappa shape index (κ3) is 3.22. The van der Waals surface area contributed by atoms with Crippen LogP contribution in [0.2, 0.25) is 0 Å². The van der Waals surface area contributed by atoms with Crippen LogP contribution in [0.25, 0.3) is 0 Å². The van der Waals surface area contributed by atoms with Gasteiger partial charge in [-0.1, -0.05) is 41.5 Å². The number of benzene rings is 1. The highest BCUT2D eigenvalue weighted by Gasteiger charge is 2.29. The van der Waals surface area contributed by atoms with Crippen molar-refractivity contribution in [2.75, 3.05) is 0 Å². The molecule has 0 saturated heterocycles. The zero-order chi connectivity index (χ0) is 15.7. The van der Waals surface area contributed by atoms with Gasteiger partial charge in [-0.15, -0.1) is 0 Å². The quantitative estimate of drug-likeness (QED) is 0.727. The first kappa shape index (κ1) is 16.7. The molecule has 0 saturated carbocycles. The van der Waals surface area contributed by atoms with Gasteiger partial charge in [-0.3, -0.25) is 0 Å². The molecule has 3 heteroatoms. The van der Waals surface area contributed by atoms with Gasteiger partial charge in [0.05, 0.1) is 18.1 Å². The predicted octanol–water partition coefficient (Wildman–Crippen LogP) is 4.98. The van der Waals surface area contributed by atoms with Crippen molar-refractivity contribution in [3.8, 4) is 12.1 Å². The molecule has 0 atom stereocenters. The smallest absolute Gasteiger partial charge is 0.101 e. The van der Waals surface area contributed by atoms with Crippen LogP contribution in [0.1, 0.15) is 63.8 Å². The molecule has 1 rings (SSSR count). The number of hydrogen-bond donors (Lipinski definition) is 0. The summed E-state index contributed by atoms with van der Waals surface area (Å²) in [7, 11) is 0. The van der Waals surface area contributed by atoms with Crippen LogP contribution in [0.3, 0.4) is 0 Å². The molecule has 0 heterocycles. The summed E-state index contributed by atoms with van der Waals surface area (Å²) in [6, 6.07) is 6.55. The summed E-state index contributed by atoms with van der Waals surface area (Å²) in [5, 5.41) is 18.7. The van der Waals surface area contributed by atoms with Crippen LogP contribution in [0.5, 0.6) is 0 Å². The molecule has 0 aliphatic heterocycles. The minimum absolute atomic E-state index is 0.0668. The van der Waals surface area contributed by atoms with Gasteiger partial charge in [0.15, 0.2) is 0 Å². The summed E-state index contributed by atoms with van der Waals surface area (Å²) in [6.45, 7) is 12.7.